The van der Waals surface area contributed by atoms with Crippen molar-refractivity contribution in [3.63, 3.8) is 0 Å². The topological polar surface area (TPSA) is 26.3 Å². The van der Waals surface area contributed by atoms with Crippen molar-refractivity contribution in [1.82, 2.24) is 0 Å². The van der Waals surface area contributed by atoms with Crippen molar-refractivity contribution in [3.8, 4) is 0 Å². The van der Waals surface area contributed by atoms with Crippen LogP contribution in [0.15, 0.2) is 85.5 Å². The van der Waals surface area contributed by atoms with E-state index in [1.165, 1.54) is 0 Å². The van der Waals surface area contributed by atoms with Gasteiger partial charge in [0.15, 0.2) is 0 Å². The molecule has 0 aliphatic rings. The molecule has 0 spiro atoms. The highest BCUT2D eigenvalue weighted by molar-refractivity contribution is 5.86. The first-order valence-electron chi connectivity index (χ1n) is 7.71. The van der Waals surface area contributed by atoms with E-state index in [4.69, 9.17) is 4.74 Å². The number of hydrogen-bond donors (Lipinski definition) is 0. The summed E-state index contributed by atoms with van der Waals surface area (Å²) in [5, 5.41) is 0. The summed E-state index contributed by atoms with van der Waals surface area (Å²) in [6.45, 7) is 17.2. The van der Waals surface area contributed by atoms with E-state index in [1.807, 2.05) is 54.6 Å². The highest BCUT2D eigenvalue weighted by Gasteiger charge is 2.02. The minimum atomic E-state index is -0.375. The number of carbonyl (C=O) groups excluding carboxylic acids is 1. The summed E-state index contributed by atoms with van der Waals surface area (Å²) in [7, 11) is 0. The summed E-state index contributed by atoms with van der Waals surface area (Å²) in [4.78, 5) is 11.3. The second kappa shape index (κ2) is 10.0. The minimum absolute atomic E-state index is 0.296. The molecule has 0 aromatic heterocycles. The Morgan fingerprint density at radius 2 is 1.75 bits per heavy atom. The van der Waals surface area contributed by atoms with Crippen LogP contribution in [0, 0.1) is 0 Å². The van der Waals surface area contributed by atoms with Gasteiger partial charge in [0, 0.05) is 12.0 Å². The van der Waals surface area contributed by atoms with Gasteiger partial charge >= 0.3 is 5.97 Å². The maximum absolute atomic E-state index is 11.3. The highest BCUT2D eigenvalue weighted by Crippen LogP contribution is 2.13. The van der Waals surface area contributed by atoms with Gasteiger partial charge in [-0.2, -0.15) is 0 Å². The van der Waals surface area contributed by atoms with Crippen LogP contribution in [-0.2, 0) is 9.53 Å². The van der Waals surface area contributed by atoms with E-state index in [0.29, 0.717) is 18.6 Å². The normalized spacial score (nSPS) is 10.7. The smallest absolute Gasteiger partial charge is 0.333 e. The molecule has 0 atom stereocenters. The van der Waals surface area contributed by atoms with Crippen LogP contribution in [0.4, 0.5) is 0 Å². The van der Waals surface area contributed by atoms with E-state index >= 15 is 0 Å². The third kappa shape index (κ3) is 6.93. The molecule has 0 aliphatic carbocycles. The van der Waals surface area contributed by atoms with E-state index in [9.17, 15) is 4.79 Å². The Morgan fingerprint density at radius 3 is 2.38 bits per heavy atom. The lowest BCUT2D eigenvalue weighted by Crippen LogP contribution is -2.06. The van der Waals surface area contributed by atoms with E-state index in [1.54, 1.807) is 6.92 Å². The van der Waals surface area contributed by atoms with Crippen molar-refractivity contribution in [2.24, 2.45) is 0 Å². The van der Waals surface area contributed by atoms with Gasteiger partial charge in [-0.15, -0.1) is 0 Å². The average Bonchev–Trinajstić information content (AvgIpc) is 2.58. The standard InChI is InChI=1S/C22H24O2/c1-6-20-9-7-8-10-21(20)14-13-18(4)11-12-19(5)15-16-24-22(23)17(2)3/h6-14H,1-2,4-5,15-16H2,3H3. The fourth-order valence-electron chi connectivity index (χ4n) is 1.81. The SMILES string of the molecule is C=Cc1ccccc1C=CC(=C)C=CC(=C)CCOC(=O)C(=C)C. The van der Waals surface area contributed by atoms with Crippen LogP contribution in [0.5, 0.6) is 0 Å². The maximum Gasteiger partial charge on any atom is 0.333 e. The second-order valence-corrected chi connectivity index (χ2v) is 5.40. The molecular weight excluding hydrogens is 296 g/mol. The van der Waals surface area contributed by atoms with Crippen molar-refractivity contribution in [3.05, 3.63) is 96.7 Å². The van der Waals surface area contributed by atoms with Gasteiger partial charge in [-0.1, -0.05) is 86.5 Å². The Morgan fingerprint density at radius 1 is 1.08 bits per heavy atom. The predicted octanol–water partition coefficient (Wildman–Crippen LogP) is 5.52. The molecule has 0 saturated carbocycles. The first-order valence-corrected chi connectivity index (χ1v) is 7.71. The molecule has 1 rings (SSSR count). The van der Waals surface area contributed by atoms with Gasteiger partial charge in [0.05, 0.1) is 6.61 Å². The van der Waals surface area contributed by atoms with Gasteiger partial charge in [0.25, 0.3) is 0 Å². The molecule has 0 bridgehead atoms. The predicted molar refractivity (Wildman–Crippen MR) is 103 cm³/mol. The molecule has 0 N–H and O–H groups in total. The van der Waals surface area contributed by atoms with Crippen LogP contribution in [0.3, 0.4) is 0 Å². The highest BCUT2D eigenvalue weighted by atomic mass is 16.5. The monoisotopic (exact) mass is 320 g/mol. The lowest BCUT2D eigenvalue weighted by Gasteiger charge is -2.04. The van der Waals surface area contributed by atoms with Crippen LogP contribution in [-0.4, -0.2) is 12.6 Å². The molecule has 0 aliphatic heterocycles. The quantitative estimate of drug-likeness (QED) is 0.340. The second-order valence-electron chi connectivity index (χ2n) is 5.40. The molecule has 0 amide bonds. The molecule has 124 valence electrons. The first-order chi connectivity index (χ1) is 11.4. The summed E-state index contributed by atoms with van der Waals surface area (Å²) in [5.41, 5.74) is 4.29. The van der Waals surface area contributed by atoms with E-state index in [2.05, 4.69) is 26.3 Å². The molecule has 2 nitrogen and oxygen atoms in total. The Hall–Kier alpha value is -2.87. The third-order valence-electron chi connectivity index (χ3n) is 3.23. The van der Waals surface area contributed by atoms with Crippen molar-refractivity contribution in [1.29, 1.82) is 0 Å². The number of hydrogen-bond acceptors (Lipinski definition) is 2. The maximum atomic E-state index is 11.3. The van der Waals surface area contributed by atoms with Crippen LogP contribution >= 0.6 is 0 Å². The van der Waals surface area contributed by atoms with Crippen LogP contribution in [0.25, 0.3) is 12.2 Å². The number of rotatable bonds is 9. The van der Waals surface area contributed by atoms with Crippen LogP contribution in [0.2, 0.25) is 0 Å². The van der Waals surface area contributed by atoms with E-state index in [0.717, 1.165) is 22.3 Å². The van der Waals surface area contributed by atoms with E-state index < -0.39 is 0 Å². The summed E-state index contributed by atoms with van der Waals surface area (Å²) in [6, 6.07) is 8.01. The van der Waals surface area contributed by atoms with E-state index in [-0.39, 0.29) is 5.97 Å². The Balaban J connectivity index is 2.49. The third-order valence-corrected chi connectivity index (χ3v) is 3.23. The van der Waals surface area contributed by atoms with Gasteiger partial charge in [0.1, 0.15) is 0 Å². The number of carbonyl (C=O) groups is 1. The molecule has 0 heterocycles. The molecule has 0 unspecified atom stereocenters. The zero-order valence-corrected chi connectivity index (χ0v) is 14.3. The van der Waals surface area contributed by atoms with Crippen LogP contribution in [0.1, 0.15) is 24.5 Å². The molecule has 2 heteroatoms. The fraction of sp³-hybridized carbons (Fsp3) is 0.136. The summed E-state index contributed by atoms with van der Waals surface area (Å²) >= 11 is 0. The number of benzene rings is 1. The van der Waals surface area contributed by atoms with Gasteiger partial charge in [-0.05, 0) is 23.6 Å². The Labute approximate surface area is 144 Å². The van der Waals surface area contributed by atoms with Gasteiger partial charge in [-0.25, -0.2) is 4.79 Å². The lowest BCUT2D eigenvalue weighted by molar-refractivity contribution is -0.138. The van der Waals surface area contributed by atoms with Crippen molar-refractivity contribution in [2.75, 3.05) is 6.61 Å². The summed E-state index contributed by atoms with van der Waals surface area (Å²) in [6.07, 6.45) is 10.1. The van der Waals surface area contributed by atoms with Crippen molar-refractivity contribution < 1.29 is 9.53 Å². The largest absolute Gasteiger partial charge is 0.462 e. The number of allylic oxidation sites excluding steroid dienone is 4. The number of ether oxygens (including phenoxy) is 1. The molecule has 1 aromatic rings. The van der Waals surface area contributed by atoms with Crippen molar-refractivity contribution in [2.45, 2.75) is 13.3 Å². The van der Waals surface area contributed by atoms with Gasteiger partial charge < -0.3 is 4.74 Å². The molecular formula is C22H24O2. The zero-order chi connectivity index (χ0) is 17.9. The lowest BCUT2D eigenvalue weighted by atomic mass is 10.1. The molecule has 24 heavy (non-hydrogen) atoms. The Kier molecular flexibility index (Phi) is 8.00. The molecule has 0 fully saturated rings. The summed E-state index contributed by atoms with van der Waals surface area (Å²) in [5.74, 6) is -0.375. The molecule has 0 radical (unpaired) electrons. The summed E-state index contributed by atoms with van der Waals surface area (Å²) < 4.78 is 5.03. The minimum Gasteiger partial charge on any atom is -0.462 e. The Bertz CT molecular complexity index is 702. The van der Waals surface area contributed by atoms with Crippen LogP contribution < -0.4 is 0 Å². The van der Waals surface area contributed by atoms with Gasteiger partial charge in [-0.3, -0.25) is 0 Å². The average molecular weight is 320 g/mol. The molecule has 0 saturated heterocycles. The number of esters is 1. The van der Waals surface area contributed by atoms with Crippen molar-refractivity contribution >= 4 is 18.1 Å². The molecule has 1 aromatic carbocycles. The fourth-order valence-corrected chi connectivity index (χ4v) is 1.81. The van der Waals surface area contributed by atoms with Gasteiger partial charge in [0.2, 0.25) is 0 Å². The first kappa shape index (κ1) is 19.2. The zero-order valence-electron chi connectivity index (χ0n) is 14.3.